The van der Waals surface area contributed by atoms with Gasteiger partial charge >= 0.3 is 0 Å². The van der Waals surface area contributed by atoms with Gasteiger partial charge in [0.2, 0.25) is 0 Å². The molecule has 0 N–H and O–H groups in total. The van der Waals surface area contributed by atoms with Crippen molar-refractivity contribution < 1.29 is 4.39 Å². The summed E-state index contributed by atoms with van der Waals surface area (Å²) in [6, 6.07) is 6.70. The first kappa shape index (κ1) is 14.0. The Bertz CT molecular complexity index is 804. The van der Waals surface area contributed by atoms with Crippen molar-refractivity contribution in [3.8, 4) is 5.69 Å². The van der Waals surface area contributed by atoms with Gasteiger partial charge in [-0.15, -0.1) is 11.6 Å². The lowest BCUT2D eigenvalue weighted by atomic mass is 10.3. The van der Waals surface area contributed by atoms with Crippen molar-refractivity contribution >= 4 is 54.6 Å². The number of imidazole rings is 1. The molecule has 0 amide bonds. The largest absolute Gasteiger partial charge is 0.280 e. The number of hydrogen-bond acceptors (Lipinski definition) is 2. The van der Waals surface area contributed by atoms with Crippen LogP contribution in [0.5, 0.6) is 0 Å². The Labute approximate surface area is 136 Å². The van der Waals surface area contributed by atoms with Gasteiger partial charge in [0.05, 0.1) is 16.0 Å². The van der Waals surface area contributed by atoms with E-state index in [1.807, 2.05) is 6.07 Å². The molecule has 1 aromatic carbocycles. The predicted octanol–water partition coefficient (Wildman–Crippen LogP) is 4.82. The lowest BCUT2D eigenvalue weighted by molar-refractivity contribution is 0.620. The Hall–Kier alpha value is -0.980. The SMILES string of the molecule is Fc1cc(-n2c(CCl)nc3cc(Br)cnc32)ccc1Br. The zero-order valence-electron chi connectivity index (χ0n) is 9.95. The Balaban J connectivity index is 2.30. The van der Waals surface area contributed by atoms with Crippen LogP contribution in [0.15, 0.2) is 39.4 Å². The molecule has 2 heterocycles. The highest BCUT2D eigenvalue weighted by Gasteiger charge is 2.14. The molecule has 3 aromatic rings. The molecule has 0 atom stereocenters. The fourth-order valence-corrected chi connectivity index (χ4v) is 2.72. The van der Waals surface area contributed by atoms with Crippen molar-refractivity contribution in [2.75, 3.05) is 0 Å². The van der Waals surface area contributed by atoms with Crippen LogP contribution in [0.4, 0.5) is 4.39 Å². The summed E-state index contributed by atoms with van der Waals surface area (Å²) in [6.07, 6.45) is 1.67. The molecule has 20 heavy (non-hydrogen) atoms. The van der Waals surface area contributed by atoms with E-state index < -0.39 is 0 Å². The van der Waals surface area contributed by atoms with Crippen LogP contribution in [-0.2, 0) is 5.88 Å². The molecule has 3 nitrogen and oxygen atoms in total. The molecule has 0 aliphatic carbocycles. The molecule has 7 heteroatoms. The first-order valence-electron chi connectivity index (χ1n) is 5.64. The number of pyridine rings is 1. The van der Waals surface area contributed by atoms with E-state index in [9.17, 15) is 4.39 Å². The van der Waals surface area contributed by atoms with Gasteiger partial charge in [-0.05, 0) is 56.1 Å². The van der Waals surface area contributed by atoms with Crippen molar-refractivity contribution in [3.63, 3.8) is 0 Å². The molecule has 0 saturated carbocycles. The summed E-state index contributed by atoms with van der Waals surface area (Å²) in [6.45, 7) is 0. The second-order valence-electron chi connectivity index (χ2n) is 4.09. The molecule has 2 aromatic heterocycles. The van der Waals surface area contributed by atoms with E-state index in [1.165, 1.54) is 6.07 Å². The quantitative estimate of drug-likeness (QED) is 0.558. The predicted molar refractivity (Wildman–Crippen MR) is 83.8 cm³/mol. The summed E-state index contributed by atoms with van der Waals surface area (Å²) < 4.78 is 16.7. The van der Waals surface area contributed by atoms with Gasteiger partial charge in [-0.3, -0.25) is 4.57 Å². The van der Waals surface area contributed by atoms with Crippen LogP contribution in [0, 0.1) is 5.82 Å². The Morgan fingerprint density at radius 3 is 2.75 bits per heavy atom. The van der Waals surface area contributed by atoms with Gasteiger partial charge in [0.15, 0.2) is 5.65 Å². The van der Waals surface area contributed by atoms with Gasteiger partial charge in [0, 0.05) is 10.7 Å². The number of hydrogen-bond donors (Lipinski definition) is 0. The molecular formula is C13H7Br2ClFN3. The van der Waals surface area contributed by atoms with Crippen molar-refractivity contribution in [2.45, 2.75) is 5.88 Å². The average Bonchev–Trinajstić information content (AvgIpc) is 2.79. The molecule has 0 radical (unpaired) electrons. The average molecular weight is 419 g/mol. The van der Waals surface area contributed by atoms with Gasteiger partial charge in [-0.25, -0.2) is 14.4 Å². The number of halogens is 4. The minimum absolute atomic E-state index is 0.214. The van der Waals surface area contributed by atoms with E-state index in [2.05, 4.69) is 41.8 Å². The maximum Gasteiger partial charge on any atom is 0.164 e. The summed E-state index contributed by atoms with van der Waals surface area (Å²) in [7, 11) is 0. The number of aromatic nitrogens is 3. The minimum atomic E-state index is -0.345. The van der Waals surface area contributed by atoms with Crippen LogP contribution < -0.4 is 0 Å². The van der Waals surface area contributed by atoms with Crippen LogP contribution in [0.3, 0.4) is 0 Å². The molecule has 0 spiro atoms. The maximum atomic E-state index is 13.7. The topological polar surface area (TPSA) is 30.7 Å². The fourth-order valence-electron chi connectivity index (χ4n) is 1.97. The number of nitrogens with zero attached hydrogens (tertiary/aromatic N) is 3. The van der Waals surface area contributed by atoms with Gasteiger partial charge in [-0.2, -0.15) is 0 Å². The Morgan fingerprint density at radius 2 is 2.05 bits per heavy atom. The van der Waals surface area contributed by atoms with Gasteiger partial charge < -0.3 is 0 Å². The molecule has 0 fully saturated rings. The highest BCUT2D eigenvalue weighted by atomic mass is 79.9. The van der Waals surface area contributed by atoms with Gasteiger partial charge in [0.1, 0.15) is 17.2 Å². The lowest BCUT2D eigenvalue weighted by Gasteiger charge is -2.07. The molecule has 0 unspecified atom stereocenters. The molecule has 0 aliphatic heterocycles. The first-order valence-corrected chi connectivity index (χ1v) is 7.76. The number of fused-ring (bicyclic) bond motifs is 1. The van der Waals surface area contributed by atoms with E-state index >= 15 is 0 Å². The fraction of sp³-hybridized carbons (Fsp3) is 0.0769. The second kappa shape index (κ2) is 5.42. The number of alkyl halides is 1. The third kappa shape index (κ3) is 2.36. The lowest BCUT2D eigenvalue weighted by Crippen LogP contribution is -2.01. The summed E-state index contributed by atoms with van der Waals surface area (Å²) in [5.74, 6) is 0.488. The number of benzene rings is 1. The van der Waals surface area contributed by atoms with Gasteiger partial charge in [0.25, 0.3) is 0 Å². The van der Waals surface area contributed by atoms with Crippen molar-refractivity contribution in [1.82, 2.24) is 14.5 Å². The van der Waals surface area contributed by atoms with E-state index in [4.69, 9.17) is 11.6 Å². The zero-order valence-corrected chi connectivity index (χ0v) is 13.9. The summed E-state index contributed by atoms with van der Waals surface area (Å²) in [5.41, 5.74) is 1.99. The molecular weight excluding hydrogens is 412 g/mol. The van der Waals surface area contributed by atoms with Crippen molar-refractivity contribution in [3.05, 3.63) is 51.0 Å². The highest BCUT2D eigenvalue weighted by molar-refractivity contribution is 9.10. The normalized spacial score (nSPS) is 11.2. The molecule has 3 rings (SSSR count). The van der Waals surface area contributed by atoms with Crippen LogP contribution in [-0.4, -0.2) is 14.5 Å². The van der Waals surface area contributed by atoms with Gasteiger partial charge in [-0.1, -0.05) is 0 Å². The minimum Gasteiger partial charge on any atom is -0.280 e. The second-order valence-corrected chi connectivity index (χ2v) is 6.13. The summed E-state index contributed by atoms with van der Waals surface area (Å²) in [5, 5.41) is 0. The smallest absolute Gasteiger partial charge is 0.164 e. The third-order valence-corrected chi connectivity index (χ3v) is 4.13. The molecule has 0 bridgehead atoms. The Kier molecular flexibility index (Phi) is 3.79. The third-order valence-electron chi connectivity index (χ3n) is 2.81. The van der Waals surface area contributed by atoms with Crippen LogP contribution in [0.1, 0.15) is 5.82 Å². The monoisotopic (exact) mass is 417 g/mol. The van der Waals surface area contributed by atoms with E-state index in [0.29, 0.717) is 27.1 Å². The first-order chi connectivity index (χ1) is 9.60. The maximum absolute atomic E-state index is 13.7. The van der Waals surface area contributed by atoms with Crippen LogP contribution >= 0.6 is 43.5 Å². The summed E-state index contributed by atoms with van der Waals surface area (Å²) >= 11 is 12.4. The Morgan fingerprint density at radius 1 is 1.25 bits per heavy atom. The molecule has 0 aliphatic rings. The molecule has 0 saturated heterocycles. The van der Waals surface area contributed by atoms with Crippen LogP contribution in [0.2, 0.25) is 0 Å². The highest BCUT2D eigenvalue weighted by Crippen LogP contribution is 2.25. The van der Waals surface area contributed by atoms with E-state index in [0.717, 1.165) is 4.47 Å². The van der Waals surface area contributed by atoms with Crippen LogP contribution in [0.25, 0.3) is 16.9 Å². The number of rotatable bonds is 2. The van der Waals surface area contributed by atoms with E-state index in [-0.39, 0.29) is 11.7 Å². The summed E-state index contributed by atoms with van der Waals surface area (Å²) in [4.78, 5) is 8.76. The molecule has 102 valence electrons. The van der Waals surface area contributed by atoms with Crippen molar-refractivity contribution in [2.24, 2.45) is 0 Å². The van der Waals surface area contributed by atoms with E-state index in [1.54, 1.807) is 22.9 Å². The zero-order chi connectivity index (χ0) is 14.3. The van der Waals surface area contributed by atoms with Crippen molar-refractivity contribution in [1.29, 1.82) is 0 Å². The standard InChI is InChI=1S/C13H7Br2ClFN3/c14-7-3-11-13(18-6-7)20(12(5-16)19-11)8-1-2-9(15)10(17)4-8/h1-4,6H,5H2.